The first-order chi connectivity index (χ1) is 17.3. The van der Waals surface area contributed by atoms with Crippen LogP contribution in [0.2, 0.25) is 0 Å². The molecule has 0 saturated heterocycles. The molecule has 36 heavy (non-hydrogen) atoms. The number of hydrogen-bond acceptors (Lipinski definition) is 6. The van der Waals surface area contributed by atoms with E-state index in [0.29, 0.717) is 35.8 Å². The predicted octanol–water partition coefficient (Wildman–Crippen LogP) is 6.66. The minimum absolute atomic E-state index is 0.0250. The van der Waals surface area contributed by atoms with Gasteiger partial charge in [-0.25, -0.2) is 9.59 Å². The Kier molecular flexibility index (Phi) is 12.2. The average molecular weight is 493 g/mol. The quantitative estimate of drug-likeness (QED) is 0.120. The molecule has 192 valence electrons. The molecule has 6 heteroatoms. The molecule has 0 heterocycles. The molecule has 0 unspecified atom stereocenters. The van der Waals surface area contributed by atoms with Gasteiger partial charge in [0, 0.05) is 5.57 Å². The maximum Gasteiger partial charge on any atom is 0.343 e. The van der Waals surface area contributed by atoms with E-state index in [2.05, 4.69) is 6.58 Å². The van der Waals surface area contributed by atoms with Gasteiger partial charge in [-0.05, 0) is 87.2 Å². The van der Waals surface area contributed by atoms with Gasteiger partial charge in [0.15, 0.2) is 5.78 Å². The first kappa shape index (κ1) is 28.6. The van der Waals surface area contributed by atoms with Gasteiger partial charge in [-0.15, -0.1) is 0 Å². The second-order valence-corrected chi connectivity index (χ2v) is 8.77. The van der Waals surface area contributed by atoms with Crippen molar-refractivity contribution in [2.24, 2.45) is 0 Å². The second kappa shape index (κ2) is 15.4. The van der Waals surface area contributed by atoms with E-state index in [1.54, 1.807) is 49.4 Å². The number of aryl methyl sites for hydroxylation is 1. The van der Waals surface area contributed by atoms with Crippen LogP contribution in [0.25, 0.3) is 6.08 Å². The largest absolute Gasteiger partial charge is 0.494 e. The Bertz CT molecular complexity index is 1070. The highest BCUT2D eigenvalue weighted by molar-refractivity contribution is 5.92. The summed E-state index contributed by atoms with van der Waals surface area (Å²) in [5.74, 6) is 0.406. The van der Waals surface area contributed by atoms with Gasteiger partial charge in [0.25, 0.3) is 0 Å². The van der Waals surface area contributed by atoms with Crippen molar-refractivity contribution < 1.29 is 28.6 Å². The number of ketones is 1. The zero-order chi connectivity index (χ0) is 26.3. The molecule has 0 radical (unpaired) electrons. The number of carbonyl (C=O) groups is 3. The topological polar surface area (TPSA) is 78.9 Å². The fourth-order valence-corrected chi connectivity index (χ4v) is 3.34. The summed E-state index contributed by atoms with van der Waals surface area (Å²) in [6.45, 7) is 9.62. The van der Waals surface area contributed by atoms with Crippen molar-refractivity contribution in [3.05, 3.63) is 77.4 Å². The maximum atomic E-state index is 12.5. The lowest BCUT2D eigenvalue weighted by atomic mass is 10.1. The van der Waals surface area contributed by atoms with Crippen molar-refractivity contribution in [1.29, 1.82) is 0 Å². The number of unbranched alkanes of at least 4 members (excludes halogenated alkanes) is 5. The zero-order valence-corrected chi connectivity index (χ0v) is 21.5. The van der Waals surface area contributed by atoms with Crippen LogP contribution in [0.1, 0.15) is 73.9 Å². The molecule has 0 fully saturated rings. The number of allylic oxidation sites excluding steroid dienone is 1. The fraction of sp³-hybridized carbons (Fsp3) is 0.367. The number of esters is 2. The molecule has 0 aliphatic rings. The molecular formula is C30H36O6. The Morgan fingerprint density at radius 2 is 1.50 bits per heavy atom. The van der Waals surface area contributed by atoms with Crippen LogP contribution >= 0.6 is 0 Å². The number of hydrogen-bond donors (Lipinski definition) is 0. The highest BCUT2D eigenvalue weighted by atomic mass is 16.5. The Morgan fingerprint density at radius 3 is 2.11 bits per heavy atom. The van der Waals surface area contributed by atoms with Crippen molar-refractivity contribution in [2.75, 3.05) is 13.2 Å². The molecule has 2 aromatic rings. The Labute approximate surface area is 214 Å². The van der Waals surface area contributed by atoms with Gasteiger partial charge >= 0.3 is 11.9 Å². The minimum Gasteiger partial charge on any atom is -0.494 e. The number of benzene rings is 2. The van der Waals surface area contributed by atoms with E-state index in [-0.39, 0.29) is 11.8 Å². The molecule has 0 bridgehead atoms. The first-order valence-electron chi connectivity index (χ1n) is 12.3. The molecular weight excluding hydrogens is 456 g/mol. The number of ether oxygens (including phenoxy) is 3. The van der Waals surface area contributed by atoms with Crippen molar-refractivity contribution in [3.8, 4) is 11.5 Å². The number of carbonyl (C=O) groups excluding carboxylic acids is 3. The summed E-state index contributed by atoms with van der Waals surface area (Å²) in [6.07, 6.45) is 9.35. The third-order valence-corrected chi connectivity index (χ3v) is 5.39. The average Bonchev–Trinajstić information content (AvgIpc) is 2.85. The smallest absolute Gasteiger partial charge is 0.343 e. The summed E-state index contributed by atoms with van der Waals surface area (Å²) in [5, 5.41) is 0. The van der Waals surface area contributed by atoms with Crippen LogP contribution in [0.3, 0.4) is 0 Å². The third kappa shape index (κ3) is 10.7. The van der Waals surface area contributed by atoms with Crippen LogP contribution in [0.15, 0.2) is 60.7 Å². The summed E-state index contributed by atoms with van der Waals surface area (Å²) >= 11 is 0. The van der Waals surface area contributed by atoms with Crippen LogP contribution in [-0.2, 0) is 14.3 Å². The van der Waals surface area contributed by atoms with Crippen molar-refractivity contribution in [1.82, 2.24) is 0 Å². The lowest BCUT2D eigenvalue weighted by molar-refractivity contribution is -0.139. The summed E-state index contributed by atoms with van der Waals surface area (Å²) in [4.78, 5) is 34.9. The normalized spacial score (nSPS) is 10.8. The third-order valence-electron chi connectivity index (χ3n) is 5.39. The van der Waals surface area contributed by atoms with Crippen molar-refractivity contribution in [3.63, 3.8) is 0 Å². The zero-order valence-electron chi connectivity index (χ0n) is 21.5. The Hall–Kier alpha value is -3.67. The summed E-state index contributed by atoms with van der Waals surface area (Å²) < 4.78 is 16.4. The van der Waals surface area contributed by atoms with Crippen molar-refractivity contribution >= 4 is 23.8 Å². The first-order valence-corrected chi connectivity index (χ1v) is 12.3. The van der Waals surface area contributed by atoms with E-state index in [9.17, 15) is 14.4 Å². The summed E-state index contributed by atoms with van der Waals surface area (Å²) in [7, 11) is 0. The summed E-state index contributed by atoms with van der Waals surface area (Å²) in [5.41, 5.74) is 2.55. The molecule has 0 amide bonds. The highest BCUT2D eigenvalue weighted by Gasteiger charge is 2.11. The Balaban J connectivity index is 1.65. The van der Waals surface area contributed by atoms with Gasteiger partial charge in [0.05, 0.1) is 18.8 Å². The van der Waals surface area contributed by atoms with Crippen LogP contribution in [-0.4, -0.2) is 30.9 Å². The van der Waals surface area contributed by atoms with E-state index in [1.807, 2.05) is 13.0 Å². The molecule has 2 rings (SSSR count). The van der Waals surface area contributed by atoms with Gasteiger partial charge in [-0.1, -0.05) is 44.4 Å². The fourth-order valence-electron chi connectivity index (χ4n) is 3.34. The molecule has 0 spiro atoms. The molecule has 0 atom stereocenters. The van der Waals surface area contributed by atoms with E-state index < -0.39 is 5.97 Å². The van der Waals surface area contributed by atoms with Crippen molar-refractivity contribution in [2.45, 2.75) is 59.3 Å². The molecule has 0 aliphatic carbocycles. The molecule has 0 aliphatic heterocycles. The van der Waals surface area contributed by atoms with E-state index in [4.69, 9.17) is 14.2 Å². The molecule has 6 nitrogen and oxygen atoms in total. The molecule has 0 saturated carbocycles. The lowest BCUT2D eigenvalue weighted by Gasteiger charge is -2.09. The monoisotopic (exact) mass is 492 g/mol. The van der Waals surface area contributed by atoms with Crippen LogP contribution in [0.5, 0.6) is 11.5 Å². The predicted molar refractivity (Wildman–Crippen MR) is 141 cm³/mol. The van der Waals surface area contributed by atoms with E-state index >= 15 is 0 Å². The van der Waals surface area contributed by atoms with Gasteiger partial charge in [0.1, 0.15) is 11.5 Å². The lowest BCUT2D eigenvalue weighted by Crippen LogP contribution is -2.09. The van der Waals surface area contributed by atoms with Crippen LogP contribution < -0.4 is 9.47 Å². The Morgan fingerprint density at radius 1 is 0.861 bits per heavy atom. The standard InChI is InChI=1S/C30H36O6/c1-22(2)29(32)35-20-10-8-6-5-7-9-19-34-27-16-14-26(15-17-27)30(33)36-28-18-13-25(21-23(28)3)12-11-24(4)31/h11-18,21H,1,5-10,19-20H2,2-4H3/b12-11+. The van der Waals surface area contributed by atoms with E-state index in [1.165, 1.54) is 13.0 Å². The van der Waals surface area contributed by atoms with Gasteiger partial charge < -0.3 is 14.2 Å². The van der Waals surface area contributed by atoms with Crippen LogP contribution in [0.4, 0.5) is 0 Å². The van der Waals surface area contributed by atoms with Gasteiger partial charge in [-0.2, -0.15) is 0 Å². The van der Waals surface area contributed by atoms with Gasteiger partial charge in [-0.3, -0.25) is 4.79 Å². The van der Waals surface area contributed by atoms with Crippen LogP contribution in [0, 0.1) is 6.92 Å². The van der Waals surface area contributed by atoms with Gasteiger partial charge in [0.2, 0.25) is 0 Å². The summed E-state index contributed by atoms with van der Waals surface area (Å²) in [6, 6.07) is 12.3. The molecule has 0 aromatic heterocycles. The maximum absolute atomic E-state index is 12.5. The highest BCUT2D eigenvalue weighted by Crippen LogP contribution is 2.22. The second-order valence-electron chi connectivity index (χ2n) is 8.77. The SMILES string of the molecule is C=C(C)C(=O)OCCCCCCCCOc1ccc(C(=O)Oc2ccc(/C=C/C(C)=O)cc2C)cc1. The molecule has 0 N–H and O–H groups in total. The number of rotatable bonds is 15. The van der Waals surface area contributed by atoms with E-state index in [0.717, 1.165) is 49.7 Å². The minimum atomic E-state index is -0.439. The molecule has 2 aromatic carbocycles.